The average molecular weight is 222 g/mol. The lowest BCUT2D eigenvalue weighted by Crippen LogP contribution is -2.10. The quantitative estimate of drug-likeness (QED) is 0.773. The Morgan fingerprint density at radius 3 is 3.07 bits per heavy atom. The van der Waals surface area contributed by atoms with Gasteiger partial charge in [0.25, 0.3) is 0 Å². The number of pyridine rings is 1. The molecule has 1 saturated carbocycles. The number of ether oxygens (including phenoxy) is 1. The molecule has 15 heavy (non-hydrogen) atoms. The van der Waals surface area contributed by atoms with E-state index < -0.39 is 0 Å². The number of hydrogen-bond donors (Lipinski definition) is 1. The molecule has 0 aliphatic heterocycles. The van der Waals surface area contributed by atoms with E-state index in [9.17, 15) is 0 Å². The molecule has 1 aliphatic carbocycles. The van der Waals surface area contributed by atoms with Crippen molar-refractivity contribution >= 4 is 17.2 Å². The predicted octanol–water partition coefficient (Wildman–Crippen LogP) is 1.89. The first-order chi connectivity index (χ1) is 7.25. The van der Waals surface area contributed by atoms with Gasteiger partial charge in [-0.3, -0.25) is 0 Å². The molecule has 4 heteroatoms. The molecule has 0 amide bonds. The molecule has 1 aromatic rings. The fraction of sp³-hybridized carbons (Fsp3) is 0.455. The van der Waals surface area contributed by atoms with Crippen LogP contribution in [0.3, 0.4) is 0 Å². The molecule has 0 atom stereocenters. The maximum absolute atomic E-state index is 5.52. The van der Waals surface area contributed by atoms with Crippen molar-refractivity contribution in [2.24, 2.45) is 11.7 Å². The van der Waals surface area contributed by atoms with Crippen LogP contribution in [0.25, 0.3) is 0 Å². The van der Waals surface area contributed by atoms with Gasteiger partial charge < -0.3 is 10.5 Å². The van der Waals surface area contributed by atoms with Crippen molar-refractivity contribution in [3.63, 3.8) is 0 Å². The van der Waals surface area contributed by atoms with E-state index in [1.807, 2.05) is 0 Å². The number of aromatic nitrogens is 1. The van der Waals surface area contributed by atoms with Gasteiger partial charge in [-0.15, -0.1) is 0 Å². The summed E-state index contributed by atoms with van der Waals surface area (Å²) in [6, 6.07) is 3.57. The molecular weight excluding hydrogens is 208 g/mol. The van der Waals surface area contributed by atoms with Crippen LogP contribution in [0.4, 0.5) is 0 Å². The third kappa shape index (κ3) is 3.16. The van der Waals surface area contributed by atoms with Crippen molar-refractivity contribution in [2.45, 2.75) is 19.3 Å². The summed E-state index contributed by atoms with van der Waals surface area (Å²) in [5.74, 6) is 1.49. The summed E-state index contributed by atoms with van der Waals surface area (Å²) in [7, 11) is 0. The Kier molecular flexibility index (Phi) is 3.16. The minimum absolute atomic E-state index is 0.379. The maximum Gasteiger partial charge on any atom is 0.213 e. The highest BCUT2D eigenvalue weighted by atomic mass is 32.1. The summed E-state index contributed by atoms with van der Waals surface area (Å²) in [5, 5.41) is 0. The molecule has 1 aromatic heterocycles. The Morgan fingerprint density at radius 2 is 2.40 bits per heavy atom. The summed E-state index contributed by atoms with van der Waals surface area (Å²) in [6.45, 7) is 0.735. The molecule has 0 unspecified atom stereocenters. The van der Waals surface area contributed by atoms with E-state index in [-0.39, 0.29) is 0 Å². The zero-order valence-corrected chi connectivity index (χ0v) is 9.30. The standard InChI is InChI=1S/C11H14N2OS/c12-11(15)9-3-5-13-10(7-9)14-6-4-8-1-2-8/h3,5,7-8H,1-2,4,6H2,(H2,12,15). The van der Waals surface area contributed by atoms with E-state index in [1.165, 1.54) is 12.8 Å². The van der Waals surface area contributed by atoms with Gasteiger partial charge in [0.15, 0.2) is 0 Å². The summed E-state index contributed by atoms with van der Waals surface area (Å²) in [4.78, 5) is 4.48. The average Bonchev–Trinajstić information content (AvgIpc) is 3.02. The fourth-order valence-corrected chi connectivity index (χ4v) is 1.51. The van der Waals surface area contributed by atoms with E-state index in [0.29, 0.717) is 10.9 Å². The third-order valence-corrected chi connectivity index (χ3v) is 2.73. The van der Waals surface area contributed by atoms with Crippen LogP contribution < -0.4 is 10.5 Å². The van der Waals surface area contributed by atoms with Crippen molar-refractivity contribution in [3.8, 4) is 5.88 Å². The number of rotatable bonds is 5. The maximum atomic E-state index is 5.52. The predicted molar refractivity (Wildman–Crippen MR) is 63.0 cm³/mol. The molecule has 0 spiro atoms. The topological polar surface area (TPSA) is 48.1 Å². The Labute approximate surface area is 94.6 Å². The molecule has 3 nitrogen and oxygen atoms in total. The molecule has 1 aliphatic rings. The van der Waals surface area contributed by atoms with Gasteiger partial charge in [-0.05, 0) is 18.4 Å². The first-order valence-electron chi connectivity index (χ1n) is 5.14. The van der Waals surface area contributed by atoms with E-state index in [2.05, 4.69) is 4.98 Å². The van der Waals surface area contributed by atoms with Crippen molar-refractivity contribution in [1.29, 1.82) is 0 Å². The molecule has 0 aromatic carbocycles. The Hall–Kier alpha value is -1.16. The lowest BCUT2D eigenvalue weighted by Gasteiger charge is -2.05. The van der Waals surface area contributed by atoms with Crippen molar-refractivity contribution < 1.29 is 4.74 Å². The summed E-state index contributed by atoms with van der Waals surface area (Å²) >= 11 is 4.88. The second kappa shape index (κ2) is 4.57. The van der Waals surface area contributed by atoms with Gasteiger partial charge >= 0.3 is 0 Å². The lowest BCUT2D eigenvalue weighted by molar-refractivity contribution is 0.291. The lowest BCUT2D eigenvalue weighted by atomic mass is 10.3. The second-order valence-corrected chi connectivity index (χ2v) is 4.27. The zero-order valence-electron chi connectivity index (χ0n) is 8.48. The van der Waals surface area contributed by atoms with Crippen LogP contribution in [-0.2, 0) is 0 Å². The molecule has 0 saturated heterocycles. The summed E-state index contributed by atoms with van der Waals surface area (Å²) in [5.41, 5.74) is 6.32. The monoisotopic (exact) mass is 222 g/mol. The number of hydrogen-bond acceptors (Lipinski definition) is 3. The SMILES string of the molecule is NC(=S)c1ccnc(OCCC2CC2)c1. The molecule has 2 N–H and O–H groups in total. The molecule has 80 valence electrons. The van der Waals surface area contributed by atoms with Crippen LogP contribution in [0.1, 0.15) is 24.8 Å². The Balaban J connectivity index is 1.88. The molecule has 0 bridgehead atoms. The minimum Gasteiger partial charge on any atom is -0.478 e. The van der Waals surface area contributed by atoms with Gasteiger partial charge in [0, 0.05) is 17.8 Å². The smallest absolute Gasteiger partial charge is 0.213 e. The fourth-order valence-electron chi connectivity index (χ4n) is 1.38. The Bertz CT molecular complexity index is 363. The van der Waals surface area contributed by atoms with Gasteiger partial charge in [0.05, 0.1) is 6.61 Å². The van der Waals surface area contributed by atoms with E-state index in [4.69, 9.17) is 22.7 Å². The number of nitrogens with zero attached hydrogens (tertiary/aromatic N) is 1. The van der Waals surface area contributed by atoms with Crippen LogP contribution in [0.2, 0.25) is 0 Å². The van der Waals surface area contributed by atoms with Crippen molar-refractivity contribution in [2.75, 3.05) is 6.61 Å². The van der Waals surface area contributed by atoms with Gasteiger partial charge in [0.2, 0.25) is 5.88 Å². The minimum atomic E-state index is 0.379. The van der Waals surface area contributed by atoms with Crippen LogP contribution in [0, 0.1) is 5.92 Å². The van der Waals surface area contributed by atoms with Crippen molar-refractivity contribution in [1.82, 2.24) is 4.98 Å². The Morgan fingerprint density at radius 1 is 1.60 bits per heavy atom. The first-order valence-corrected chi connectivity index (χ1v) is 5.55. The first kappa shape index (κ1) is 10.4. The highest BCUT2D eigenvalue weighted by molar-refractivity contribution is 7.80. The van der Waals surface area contributed by atoms with Crippen LogP contribution >= 0.6 is 12.2 Å². The second-order valence-electron chi connectivity index (χ2n) is 3.83. The highest BCUT2D eigenvalue weighted by Crippen LogP contribution is 2.32. The molecule has 2 rings (SSSR count). The van der Waals surface area contributed by atoms with Crippen molar-refractivity contribution in [3.05, 3.63) is 23.9 Å². The van der Waals surface area contributed by atoms with Crippen LogP contribution in [0.5, 0.6) is 5.88 Å². The highest BCUT2D eigenvalue weighted by Gasteiger charge is 2.20. The van der Waals surface area contributed by atoms with Gasteiger partial charge in [-0.25, -0.2) is 4.98 Å². The summed E-state index contributed by atoms with van der Waals surface area (Å²) < 4.78 is 5.52. The van der Waals surface area contributed by atoms with Crippen LogP contribution in [-0.4, -0.2) is 16.6 Å². The largest absolute Gasteiger partial charge is 0.478 e. The van der Waals surface area contributed by atoms with Crippen LogP contribution in [0.15, 0.2) is 18.3 Å². The van der Waals surface area contributed by atoms with E-state index in [0.717, 1.165) is 24.5 Å². The zero-order chi connectivity index (χ0) is 10.7. The number of thiocarbonyl (C=S) groups is 1. The molecular formula is C11H14N2OS. The molecule has 0 radical (unpaired) electrons. The number of nitrogens with two attached hydrogens (primary N) is 1. The third-order valence-electron chi connectivity index (χ3n) is 2.49. The molecule has 1 fully saturated rings. The van der Waals surface area contributed by atoms with E-state index >= 15 is 0 Å². The van der Waals surface area contributed by atoms with Gasteiger partial charge in [0.1, 0.15) is 4.99 Å². The normalized spacial score (nSPS) is 14.9. The van der Waals surface area contributed by atoms with Gasteiger partial charge in [-0.1, -0.05) is 25.1 Å². The van der Waals surface area contributed by atoms with Gasteiger partial charge in [-0.2, -0.15) is 0 Å². The summed E-state index contributed by atoms with van der Waals surface area (Å²) in [6.07, 6.45) is 5.49. The molecule has 1 heterocycles. The van der Waals surface area contributed by atoms with E-state index in [1.54, 1.807) is 18.3 Å².